The van der Waals surface area contributed by atoms with Crippen molar-refractivity contribution in [3.8, 4) is 0 Å². The van der Waals surface area contributed by atoms with Gasteiger partial charge in [0.2, 0.25) is 0 Å². The van der Waals surface area contributed by atoms with E-state index in [0.29, 0.717) is 41.7 Å². The summed E-state index contributed by atoms with van der Waals surface area (Å²) in [5.41, 5.74) is 1.82. The fourth-order valence-corrected chi connectivity index (χ4v) is 8.36. The van der Waals surface area contributed by atoms with E-state index in [1.165, 1.54) is 24.8 Å². The second kappa shape index (κ2) is 14.4. The second-order valence-corrected chi connectivity index (χ2v) is 12.5. The van der Waals surface area contributed by atoms with Crippen LogP contribution in [0.3, 0.4) is 0 Å². The van der Waals surface area contributed by atoms with Crippen LogP contribution in [0.5, 0.6) is 0 Å². The molecule has 0 N–H and O–H groups in total. The van der Waals surface area contributed by atoms with Gasteiger partial charge in [-0.1, -0.05) is 26.3 Å². The minimum atomic E-state index is -0.0411. The van der Waals surface area contributed by atoms with Crippen molar-refractivity contribution >= 4 is 59.0 Å². The Balaban J connectivity index is 0.000000357. The van der Waals surface area contributed by atoms with E-state index in [-0.39, 0.29) is 35.3 Å². The van der Waals surface area contributed by atoms with Crippen molar-refractivity contribution in [1.29, 1.82) is 0 Å². The van der Waals surface area contributed by atoms with Crippen LogP contribution in [0.2, 0.25) is 0 Å². The fourth-order valence-electron chi connectivity index (χ4n) is 7.64. The van der Waals surface area contributed by atoms with Crippen molar-refractivity contribution < 1.29 is 14.3 Å². The lowest BCUT2D eigenvalue weighted by Gasteiger charge is -2.57. The van der Waals surface area contributed by atoms with E-state index in [1.54, 1.807) is 0 Å². The third-order valence-corrected chi connectivity index (χ3v) is 10.1. The zero-order valence-electron chi connectivity index (χ0n) is 22.2. The van der Waals surface area contributed by atoms with Crippen molar-refractivity contribution in [2.24, 2.45) is 28.6 Å². The van der Waals surface area contributed by atoms with Gasteiger partial charge in [-0.15, -0.1) is 47.2 Å². The predicted octanol–water partition coefficient (Wildman–Crippen LogP) is 7.27. The van der Waals surface area contributed by atoms with Crippen molar-refractivity contribution in [3.63, 3.8) is 0 Å². The first-order valence-electron chi connectivity index (χ1n) is 13.6. The highest BCUT2D eigenvalue weighted by Gasteiger charge is 2.59. The molecule has 3 saturated carbocycles. The van der Waals surface area contributed by atoms with E-state index >= 15 is 0 Å². The maximum atomic E-state index is 11.9. The van der Waals surface area contributed by atoms with Crippen LogP contribution in [0.4, 0.5) is 0 Å². The van der Waals surface area contributed by atoms with E-state index in [9.17, 15) is 9.59 Å². The van der Waals surface area contributed by atoms with Gasteiger partial charge in [0.05, 0.1) is 0 Å². The summed E-state index contributed by atoms with van der Waals surface area (Å²) in [6, 6.07) is 0. The second-order valence-electron chi connectivity index (χ2n) is 11.3. The number of ether oxygens (including phenoxy) is 1. The van der Waals surface area contributed by atoms with Gasteiger partial charge in [-0.3, -0.25) is 14.5 Å². The zero-order chi connectivity index (χ0) is 25.6. The van der Waals surface area contributed by atoms with Crippen molar-refractivity contribution in [2.75, 3.05) is 37.3 Å². The number of hydrogen-bond acceptors (Lipinski definition) is 4. The van der Waals surface area contributed by atoms with E-state index < -0.39 is 0 Å². The molecular formula is C28H45Cl4NO3. The van der Waals surface area contributed by atoms with Gasteiger partial charge in [-0.05, 0) is 74.2 Å². The highest BCUT2D eigenvalue weighted by molar-refractivity contribution is 6.18. The smallest absolute Gasteiger partial charge is 0.305 e. The Kier molecular flexibility index (Phi) is 12.9. The molecule has 6 unspecified atom stereocenters. The summed E-state index contributed by atoms with van der Waals surface area (Å²) in [6.45, 7) is 9.32. The number of esters is 1. The Bertz CT molecular complexity index is 764. The Morgan fingerprint density at radius 3 is 2.19 bits per heavy atom. The first kappa shape index (κ1) is 32.2. The Morgan fingerprint density at radius 2 is 1.61 bits per heavy atom. The summed E-state index contributed by atoms with van der Waals surface area (Å²) < 4.78 is 5.86. The highest BCUT2D eigenvalue weighted by atomic mass is 35.5. The number of ketones is 1. The van der Waals surface area contributed by atoms with Crippen LogP contribution in [0.25, 0.3) is 0 Å². The number of carbonyl (C=O) groups excluding carboxylic acids is 2. The van der Waals surface area contributed by atoms with Crippen LogP contribution in [0.1, 0.15) is 78.6 Å². The first-order valence-corrected chi connectivity index (χ1v) is 15.2. The molecule has 4 nitrogen and oxygen atoms in total. The summed E-state index contributed by atoms with van der Waals surface area (Å²) in [5, 5.41) is 0. The zero-order valence-corrected chi connectivity index (χ0v) is 25.3. The summed E-state index contributed by atoms with van der Waals surface area (Å²) >= 11 is 16.6. The van der Waals surface area contributed by atoms with Crippen molar-refractivity contribution in [2.45, 2.75) is 84.7 Å². The number of alkyl halides is 3. The Morgan fingerprint density at radius 1 is 0.972 bits per heavy atom. The maximum absolute atomic E-state index is 11.9. The predicted molar refractivity (Wildman–Crippen MR) is 153 cm³/mol. The van der Waals surface area contributed by atoms with Gasteiger partial charge in [0.1, 0.15) is 6.10 Å². The average Bonchev–Trinajstić information content (AvgIpc) is 3.16. The molecule has 6 atom stereocenters. The van der Waals surface area contributed by atoms with Crippen LogP contribution in [0.15, 0.2) is 11.6 Å². The average molecular weight is 585 g/mol. The molecule has 0 aromatic heterocycles. The molecule has 0 amide bonds. The summed E-state index contributed by atoms with van der Waals surface area (Å²) in [7, 11) is 0. The molecule has 208 valence electrons. The molecule has 0 saturated heterocycles. The van der Waals surface area contributed by atoms with Crippen LogP contribution >= 0.6 is 47.2 Å². The minimum Gasteiger partial charge on any atom is -0.462 e. The van der Waals surface area contributed by atoms with E-state index in [0.717, 1.165) is 57.7 Å². The normalized spacial score (nSPS) is 34.9. The van der Waals surface area contributed by atoms with E-state index in [4.69, 9.17) is 39.5 Å². The lowest BCUT2D eigenvalue weighted by Crippen LogP contribution is -2.51. The summed E-state index contributed by atoms with van der Waals surface area (Å²) in [4.78, 5) is 25.9. The topological polar surface area (TPSA) is 46.6 Å². The van der Waals surface area contributed by atoms with Crippen LogP contribution < -0.4 is 0 Å². The highest BCUT2D eigenvalue weighted by Crippen LogP contribution is 2.65. The van der Waals surface area contributed by atoms with Gasteiger partial charge in [0, 0.05) is 55.5 Å². The molecule has 4 aliphatic rings. The third-order valence-electron chi connectivity index (χ3n) is 9.64. The van der Waals surface area contributed by atoms with Crippen LogP contribution in [-0.2, 0) is 14.3 Å². The SMILES string of the molecule is CCC(=O)OC1CCC2C3CCC4=CC(=O)CCC4(C)C3CCC12C.Cl.ClCCN(CCCl)CCCl. The quantitative estimate of drug-likeness (QED) is 0.222. The van der Waals surface area contributed by atoms with Crippen molar-refractivity contribution in [3.05, 3.63) is 11.6 Å². The van der Waals surface area contributed by atoms with Gasteiger partial charge in [-0.2, -0.15) is 0 Å². The molecule has 0 aromatic carbocycles. The molecule has 36 heavy (non-hydrogen) atoms. The molecule has 3 fully saturated rings. The molecule has 0 radical (unpaired) electrons. The first-order chi connectivity index (χ1) is 16.7. The molecular weight excluding hydrogens is 540 g/mol. The molecule has 0 spiro atoms. The summed E-state index contributed by atoms with van der Waals surface area (Å²) in [6.07, 6.45) is 11.3. The minimum absolute atomic E-state index is 0. The largest absolute Gasteiger partial charge is 0.462 e. The molecule has 0 aliphatic heterocycles. The summed E-state index contributed by atoms with van der Waals surface area (Å²) in [5.74, 6) is 4.35. The number of hydrogen-bond donors (Lipinski definition) is 0. The lowest BCUT2D eigenvalue weighted by molar-refractivity contribution is -0.159. The van der Waals surface area contributed by atoms with Crippen molar-refractivity contribution in [1.82, 2.24) is 4.90 Å². The lowest BCUT2D eigenvalue weighted by atomic mass is 9.47. The number of nitrogens with zero attached hydrogens (tertiary/aromatic N) is 1. The number of halogens is 4. The maximum Gasteiger partial charge on any atom is 0.305 e. The molecule has 4 aliphatic carbocycles. The van der Waals surface area contributed by atoms with Crippen LogP contribution in [-0.4, -0.2) is 60.0 Å². The van der Waals surface area contributed by atoms with Gasteiger partial charge in [-0.25, -0.2) is 0 Å². The molecule has 4 rings (SSSR count). The number of fused-ring (bicyclic) bond motifs is 5. The van der Waals surface area contributed by atoms with Gasteiger partial charge in [0.25, 0.3) is 0 Å². The molecule has 8 heteroatoms. The molecule has 0 heterocycles. The van der Waals surface area contributed by atoms with Gasteiger partial charge >= 0.3 is 5.97 Å². The van der Waals surface area contributed by atoms with Gasteiger partial charge in [0.15, 0.2) is 5.78 Å². The fraction of sp³-hybridized carbons (Fsp3) is 0.857. The molecule has 0 bridgehead atoms. The van der Waals surface area contributed by atoms with Crippen LogP contribution in [0, 0.1) is 28.6 Å². The third kappa shape index (κ3) is 6.95. The van der Waals surface area contributed by atoms with Gasteiger partial charge < -0.3 is 4.74 Å². The number of carbonyl (C=O) groups is 2. The van der Waals surface area contributed by atoms with E-state index in [1.807, 2.05) is 13.0 Å². The standard InChI is InChI=1S/C22H32O3.C6H12Cl3N.ClH/c1-4-20(24)25-19-8-7-17-16-6-5-14-13-15(23)9-11-21(14,2)18(16)10-12-22(17,19)3;7-1-4-10(5-2-8)6-3-9;/h13,16-19H,4-12H2,1-3H3;1-6H2;1H. The number of allylic oxidation sites excluding steroid dienone is 1. The Hall–Kier alpha value is -0.000000000000000111. The monoisotopic (exact) mass is 583 g/mol. The molecule has 0 aromatic rings. The number of rotatable bonds is 8. The Labute approximate surface area is 239 Å². The van der Waals surface area contributed by atoms with E-state index in [2.05, 4.69) is 18.7 Å².